The maximum atomic E-state index is 12.2. The van der Waals surface area contributed by atoms with Crippen molar-refractivity contribution in [3.8, 4) is 0 Å². The van der Waals surface area contributed by atoms with E-state index in [1.165, 1.54) is 6.20 Å². The van der Waals surface area contributed by atoms with E-state index < -0.39 is 11.8 Å². The summed E-state index contributed by atoms with van der Waals surface area (Å²) in [5, 5.41) is 2.80. The fraction of sp³-hybridized carbons (Fsp3) is 0.222. The minimum absolute atomic E-state index is 0.0493. The van der Waals surface area contributed by atoms with Crippen LogP contribution in [0.1, 0.15) is 38.4 Å². The molecule has 0 bridgehead atoms. The van der Waals surface area contributed by atoms with Crippen LogP contribution in [0.5, 0.6) is 0 Å². The molecule has 6 nitrogen and oxygen atoms in total. The highest BCUT2D eigenvalue weighted by molar-refractivity contribution is 6.20. The third kappa shape index (κ3) is 3.17. The van der Waals surface area contributed by atoms with Gasteiger partial charge in [-0.25, -0.2) is 0 Å². The number of carbonyl (C=O) groups excluding carboxylic acids is 3. The standard InChI is InChI=1S/C18H17N3O3/c1-12-4-2-5-13(10-12)11-20-15(22)7-9-21-17(23)14-6-3-8-19-16(14)18(21)24/h2-6,8,10H,7,9,11H2,1H3,(H,20,22). The first-order chi connectivity index (χ1) is 11.6. The minimum Gasteiger partial charge on any atom is -0.352 e. The van der Waals surface area contributed by atoms with Gasteiger partial charge in [-0.3, -0.25) is 24.3 Å². The van der Waals surface area contributed by atoms with Gasteiger partial charge in [0.2, 0.25) is 5.91 Å². The Hall–Kier alpha value is -3.02. The molecule has 6 heteroatoms. The molecular weight excluding hydrogens is 306 g/mol. The summed E-state index contributed by atoms with van der Waals surface area (Å²) >= 11 is 0. The normalized spacial score (nSPS) is 13.1. The summed E-state index contributed by atoms with van der Waals surface area (Å²) in [6.45, 7) is 2.46. The zero-order chi connectivity index (χ0) is 17.1. The van der Waals surface area contributed by atoms with E-state index in [0.717, 1.165) is 16.0 Å². The Labute approximate surface area is 139 Å². The molecule has 1 aliphatic heterocycles. The van der Waals surface area contributed by atoms with E-state index >= 15 is 0 Å². The van der Waals surface area contributed by atoms with E-state index in [1.807, 2.05) is 31.2 Å². The molecule has 2 aromatic rings. The fourth-order valence-corrected chi connectivity index (χ4v) is 2.64. The van der Waals surface area contributed by atoms with Gasteiger partial charge < -0.3 is 5.32 Å². The van der Waals surface area contributed by atoms with Crippen LogP contribution in [0.4, 0.5) is 0 Å². The van der Waals surface area contributed by atoms with Gasteiger partial charge in [0.25, 0.3) is 11.8 Å². The molecule has 122 valence electrons. The average molecular weight is 323 g/mol. The maximum absolute atomic E-state index is 12.2. The number of rotatable bonds is 5. The number of pyridine rings is 1. The zero-order valence-electron chi connectivity index (χ0n) is 13.3. The van der Waals surface area contributed by atoms with Crippen molar-refractivity contribution in [2.24, 2.45) is 0 Å². The molecule has 0 aliphatic carbocycles. The maximum Gasteiger partial charge on any atom is 0.280 e. The van der Waals surface area contributed by atoms with E-state index in [4.69, 9.17) is 0 Å². The van der Waals surface area contributed by atoms with Crippen LogP contribution in [0.25, 0.3) is 0 Å². The predicted molar refractivity (Wildman–Crippen MR) is 87.2 cm³/mol. The summed E-state index contributed by atoms with van der Waals surface area (Å²) in [5.74, 6) is -1.04. The number of amides is 3. The van der Waals surface area contributed by atoms with E-state index in [0.29, 0.717) is 12.1 Å². The number of nitrogens with zero attached hydrogens (tertiary/aromatic N) is 2. The number of hydrogen-bond acceptors (Lipinski definition) is 4. The highest BCUT2D eigenvalue weighted by Crippen LogP contribution is 2.20. The fourth-order valence-electron chi connectivity index (χ4n) is 2.64. The topological polar surface area (TPSA) is 79.4 Å². The first kappa shape index (κ1) is 15.9. The zero-order valence-corrected chi connectivity index (χ0v) is 13.3. The predicted octanol–water partition coefficient (Wildman–Crippen LogP) is 1.69. The van der Waals surface area contributed by atoms with Crippen LogP contribution in [0.2, 0.25) is 0 Å². The third-order valence-corrected chi connectivity index (χ3v) is 3.87. The Bertz CT molecular complexity index is 782. The summed E-state index contributed by atoms with van der Waals surface area (Å²) < 4.78 is 0. The lowest BCUT2D eigenvalue weighted by atomic mass is 10.1. The Morgan fingerprint density at radius 2 is 2.00 bits per heavy atom. The molecule has 0 unspecified atom stereocenters. The van der Waals surface area contributed by atoms with Gasteiger partial charge in [0.1, 0.15) is 5.69 Å². The van der Waals surface area contributed by atoms with Crippen LogP contribution >= 0.6 is 0 Å². The summed E-state index contributed by atoms with van der Waals surface area (Å²) in [4.78, 5) is 41.3. The molecule has 2 heterocycles. The quantitative estimate of drug-likeness (QED) is 0.849. The van der Waals surface area contributed by atoms with Gasteiger partial charge in [-0.15, -0.1) is 0 Å². The van der Waals surface area contributed by atoms with Crippen molar-refractivity contribution in [3.05, 3.63) is 65.0 Å². The Kier molecular flexibility index (Phi) is 4.37. The second-order valence-electron chi connectivity index (χ2n) is 5.68. The number of fused-ring (bicyclic) bond motifs is 1. The van der Waals surface area contributed by atoms with Crippen molar-refractivity contribution >= 4 is 17.7 Å². The Morgan fingerprint density at radius 1 is 1.17 bits per heavy atom. The lowest BCUT2D eigenvalue weighted by molar-refractivity contribution is -0.121. The van der Waals surface area contributed by atoms with Crippen LogP contribution < -0.4 is 5.32 Å². The van der Waals surface area contributed by atoms with Crippen molar-refractivity contribution in [2.45, 2.75) is 19.9 Å². The van der Waals surface area contributed by atoms with Crippen LogP contribution in [0.15, 0.2) is 42.6 Å². The first-order valence-corrected chi connectivity index (χ1v) is 7.69. The average Bonchev–Trinajstić information content (AvgIpc) is 2.83. The molecule has 24 heavy (non-hydrogen) atoms. The van der Waals surface area contributed by atoms with E-state index in [9.17, 15) is 14.4 Å². The summed E-state index contributed by atoms with van der Waals surface area (Å²) in [6.07, 6.45) is 1.54. The molecular formula is C18H17N3O3. The lowest BCUT2D eigenvalue weighted by Crippen LogP contribution is -2.34. The van der Waals surface area contributed by atoms with Gasteiger partial charge in [0.15, 0.2) is 0 Å². The molecule has 1 aliphatic rings. The van der Waals surface area contributed by atoms with Gasteiger partial charge in [-0.2, -0.15) is 0 Å². The second kappa shape index (κ2) is 6.62. The summed E-state index contributed by atoms with van der Waals surface area (Å²) in [7, 11) is 0. The second-order valence-corrected chi connectivity index (χ2v) is 5.68. The third-order valence-electron chi connectivity index (χ3n) is 3.87. The van der Waals surface area contributed by atoms with Gasteiger partial charge in [-0.05, 0) is 24.6 Å². The van der Waals surface area contributed by atoms with Gasteiger partial charge in [0, 0.05) is 25.7 Å². The van der Waals surface area contributed by atoms with E-state index in [2.05, 4.69) is 10.3 Å². The van der Waals surface area contributed by atoms with Crippen LogP contribution in [-0.2, 0) is 11.3 Å². The van der Waals surface area contributed by atoms with E-state index in [-0.39, 0.29) is 24.6 Å². The molecule has 1 aromatic carbocycles. The molecule has 0 fully saturated rings. The molecule has 3 amide bonds. The molecule has 0 atom stereocenters. The molecule has 0 radical (unpaired) electrons. The smallest absolute Gasteiger partial charge is 0.280 e. The largest absolute Gasteiger partial charge is 0.352 e. The molecule has 3 rings (SSSR count). The van der Waals surface area contributed by atoms with Crippen molar-refractivity contribution in [2.75, 3.05) is 6.54 Å². The lowest BCUT2D eigenvalue weighted by Gasteiger charge is -2.13. The first-order valence-electron chi connectivity index (χ1n) is 7.69. The van der Waals surface area contributed by atoms with Gasteiger partial charge in [-0.1, -0.05) is 29.8 Å². The Balaban J connectivity index is 1.54. The number of nitrogens with one attached hydrogen (secondary N) is 1. The summed E-state index contributed by atoms with van der Waals surface area (Å²) in [5.41, 5.74) is 2.58. The SMILES string of the molecule is Cc1cccc(CNC(=O)CCN2C(=O)c3cccnc3C2=O)c1. The number of aromatic nitrogens is 1. The molecule has 0 spiro atoms. The van der Waals surface area contributed by atoms with Crippen molar-refractivity contribution in [1.82, 2.24) is 15.2 Å². The highest BCUT2D eigenvalue weighted by atomic mass is 16.2. The van der Waals surface area contributed by atoms with Crippen LogP contribution in [-0.4, -0.2) is 34.2 Å². The molecule has 1 N–H and O–H groups in total. The Morgan fingerprint density at radius 3 is 2.75 bits per heavy atom. The van der Waals surface area contributed by atoms with Gasteiger partial charge >= 0.3 is 0 Å². The van der Waals surface area contributed by atoms with Crippen LogP contribution in [0.3, 0.4) is 0 Å². The van der Waals surface area contributed by atoms with Crippen molar-refractivity contribution < 1.29 is 14.4 Å². The monoisotopic (exact) mass is 323 g/mol. The number of imide groups is 1. The molecule has 0 saturated heterocycles. The highest BCUT2D eigenvalue weighted by Gasteiger charge is 2.36. The number of aryl methyl sites for hydroxylation is 1. The van der Waals surface area contributed by atoms with E-state index in [1.54, 1.807) is 12.1 Å². The van der Waals surface area contributed by atoms with Crippen molar-refractivity contribution in [3.63, 3.8) is 0 Å². The van der Waals surface area contributed by atoms with Crippen LogP contribution in [0, 0.1) is 6.92 Å². The van der Waals surface area contributed by atoms with Crippen molar-refractivity contribution in [1.29, 1.82) is 0 Å². The minimum atomic E-state index is -0.443. The van der Waals surface area contributed by atoms with Gasteiger partial charge in [0.05, 0.1) is 5.56 Å². The molecule has 1 aromatic heterocycles. The summed E-state index contributed by atoms with van der Waals surface area (Å²) in [6, 6.07) is 11.0. The number of carbonyl (C=O) groups is 3. The number of hydrogen-bond donors (Lipinski definition) is 1. The number of benzene rings is 1. The molecule has 0 saturated carbocycles.